The zero-order valence-corrected chi connectivity index (χ0v) is 18.9. The summed E-state index contributed by atoms with van der Waals surface area (Å²) in [4.78, 5) is 52.2. The van der Waals surface area contributed by atoms with E-state index in [2.05, 4.69) is 0 Å². The molecule has 3 heterocycles. The SMILES string of the molecule is O=C(ON1C(=O)CCC1=O)c1cc2cc(-c3sc(S(=O)(=O)O)cc3S(=O)O)c(=O)oc2cc1O. The Kier molecular flexibility index (Phi) is 5.86. The van der Waals surface area contributed by atoms with Crippen molar-refractivity contribution in [2.75, 3.05) is 0 Å². The number of amides is 2. The zero-order valence-electron chi connectivity index (χ0n) is 16.4. The summed E-state index contributed by atoms with van der Waals surface area (Å²) in [6, 6.07) is 3.73. The van der Waals surface area contributed by atoms with Gasteiger partial charge in [0.25, 0.3) is 11.8 Å². The van der Waals surface area contributed by atoms with Crippen molar-refractivity contribution in [2.24, 2.45) is 0 Å². The third-order valence-corrected chi connectivity index (χ3v) is 7.91. The lowest BCUT2D eigenvalue weighted by Gasteiger charge is -2.13. The van der Waals surface area contributed by atoms with E-state index < -0.39 is 65.0 Å². The maximum Gasteiger partial charge on any atom is 0.367 e. The van der Waals surface area contributed by atoms with Crippen molar-refractivity contribution in [3.8, 4) is 16.2 Å². The van der Waals surface area contributed by atoms with Crippen LogP contribution in [0.15, 0.2) is 42.6 Å². The fourth-order valence-electron chi connectivity index (χ4n) is 3.07. The van der Waals surface area contributed by atoms with Gasteiger partial charge in [0.15, 0.2) is 11.1 Å². The molecule has 4 rings (SSSR count). The van der Waals surface area contributed by atoms with Crippen LogP contribution >= 0.6 is 11.3 Å². The number of rotatable bonds is 5. The molecule has 1 atom stereocenters. The van der Waals surface area contributed by atoms with Gasteiger partial charge in [-0.2, -0.15) is 8.42 Å². The van der Waals surface area contributed by atoms with Crippen LogP contribution < -0.4 is 5.63 Å². The molecule has 3 N–H and O–H groups in total. The lowest BCUT2D eigenvalue weighted by molar-refractivity contribution is -0.172. The van der Waals surface area contributed by atoms with Gasteiger partial charge in [0.1, 0.15) is 21.1 Å². The van der Waals surface area contributed by atoms with Crippen LogP contribution in [0.5, 0.6) is 5.75 Å². The van der Waals surface area contributed by atoms with Gasteiger partial charge in [0.2, 0.25) is 0 Å². The lowest BCUT2D eigenvalue weighted by atomic mass is 10.1. The summed E-state index contributed by atoms with van der Waals surface area (Å²) in [6.07, 6.45) is -0.295. The van der Waals surface area contributed by atoms with E-state index >= 15 is 0 Å². The first-order valence-corrected chi connectivity index (χ1v) is 12.3. The minimum absolute atomic E-state index is 0.00472. The first kappa shape index (κ1) is 23.7. The zero-order chi connectivity index (χ0) is 24.9. The molecule has 1 saturated heterocycles. The Morgan fingerprint density at radius 2 is 1.76 bits per heavy atom. The Balaban J connectivity index is 1.83. The van der Waals surface area contributed by atoms with E-state index in [1.807, 2.05) is 0 Å². The quantitative estimate of drug-likeness (QED) is 0.185. The second-order valence-electron chi connectivity index (χ2n) is 6.80. The van der Waals surface area contributed by atoms with Gasteiger partial charge < -0.3 is 18.9 Å². The molecule has 1 unspecified atom stereocenters. The molecule has 1 aromatic carbocycles. The summed E-state index contributed by atoms with van der Waals surface area (Å²) in [5.74, 6) is -3.46. The number of carbonyl (C=O) groups excluding carboxylic acids is 3. The third-order valence-electron chi connectivity index (χ3n) is 4.61. The molecular weight excluding hydrogens is 518 g/mol. The molecule has 0 radical (unpaired) electrons. The summed E-state index contributed by atoms with van der Waals surface area (Å²) in [7, 11) is -4.76. The predicted octanol–water partition coefficient (Wildman–Crippen LogP) is 1.28. The Morgan fingerprint density at radius 1 is 1.12 bits per heavy atom. The molecule has 0 saturated carbocycles. The first-order valence-electron chi connectivity index (χ1n) is 8.98. The Bertz CT molecular complexity index is 1570. The number of fused-ring (bicyclic) bond motifs is 1. The number of hydrogen-bond acceptors (Lipinski definition) is 11. The second kappa shape index (κ2) is 8.41. The van der Waals surface area contributed by atoms with E-state index in [9.17, 15) is 46.0 Å². The lowest BCUT2D eigenvalue weighted by Crippen LogP contribution is -2.32. The Morgan fingerprint density at radius 3 is 2.35 bits per heavy atom. The summed E-state index contributed by atoms with van der Waals surface area (Å²) in [5.41, 5.74) is -2.17. The normalized spacial score (nSPS) is 15.2. The van der Waals surface area contributed by atoms with Crippen LogP contribution in [0, 0.1) is 0 Å². The average Bonchev–Trinajstić information content (AvgIpc) is 3.32. The van der Waals surface area contributed by atoms with Crippen molar-refractivity contribution in [2.45, 2.75) is 21.9 Å². The summed E-state index contributed by atoms with van der Waals surface area (Å²) in [6.45, 7) is 0. The number of thiophene rings is 1. The minimum atomic E-state index is -4.76. The second-order valence-corrected chi connectivity index (χ2v) is 10.4. The van der Waals surface area contributed by atoms with Crippen molar-refractivity contribution >= 4 is 61.3 Å². The standard InChI is InChI=1S/C18H11NO12S3/c20-10-5-11-7(3-8(10)18(24)31-19-13(21)1-2-14(19)22)4-9(17(23)30-11)16-12(33(25)26)6-15(32-16)34(27,28)29/h3-6,20H,1-2H2,(H,25,26)(H,27,28,29). The number of hydrogen-bond donors (Lipinski definition) is 3. The van der Waals surface area contributed by atoms with E-state index in [-0.39, 0.29) is 39.3 Å². The van der Waals surface area contributed by atoms with Gasteiger partial charge in [-0.15, -0.1) is 16.4 Å². The summed E-state index contributed by atoms with van der Waals surface area (Å²) >= 11 is -2.42. The maximum absolute atomic E-state index is 12.5. The number of benzene rings is 1. The topological polar surface area (TPSA) is 206 Å². The van der Waals surface area contributed by atoms with Crippen molar-refractivity contribution in [3.63, 3.8) is 0 Å². The van der Waals surface area contributed by atoms with E-state index in [0.717, 1.165) is 24.3 Å². The van der Waals surface area contributed by atoms with Crippen LogP contribution in [-0.4, -0.2) is 49.7 Å². The molecular formula is C18H11NO12S3. The van der Waals surface area contributed by atoms with Crippen molar-refractivity contribution in [3.05, 3.63) is 40.2 Å². The highest BCUT2D eigenvalue weighted by atomic mass is 32.3. The van der Waals surface area contributed by atoms with E-state index in [1.54, 1.807) is 0 Å². The number of imide groups is 1. The van der Waals surface area contributed by atoms with E-state index in [4.69, 9.17) is 9.25 Å². The Hall–Kier alpha value is -3.44. The first-order chi connectivity index (χ1) is 15.9. The molecule has 1 fully saturated rings. The predicted molar refractivity (Wildman–Crippen MR) is 113 cm³/mol. The van der Waals surface area contributed by atoms with Crippen LogP contribution in [0.2, 0.25) is 0 Å². The highest BCUT2D eigenvalue weighted by Gasteiger charge is 2.34. The monoisotopic (exact) mass is 529 g/mol. The highest BCUT2D eigenvalue weighted by Crippen LogP contribution is 2.37. The highest BCUT2D eigenvalue weighted by molar-refractivity contribution is 7.88. The average molecular weight is 529 g/mol. The van der Waals surface area contributed by atoms with Gasteiger partial charge in [-0.3, -0.25) is 14.1 Å². The van der Waals surface area contributed by atoms with Crippen molar-refractivity contribution < 1.29 is 50.5 Å². The molecule has 2 amide bonds. The molecule has 3 aromatic rings. The largest absolute Gasteiger partial charge is 0.507 e. The number of nitrogens with zero attached hydrogens (tertiary/aromatic N) is 1. The number of phenolic OH excluding ortho intramolecular Hbond substituents is 1. The third kappa shape index (κ3) is 4.24. The van der Waals surface area contributed by atoms with Crippen LogP contribution in [0.3, 0.4) is 0 Å². The van der Waals surface area contributed by atoms with Crippen LogP contribution in [-0.2, 0) is 35.6 Å². The molecule has 1 aliphatic heterocycles. The number of phenols is 1. The fourth-order valence-corrected chi connectivity index (χ4v) is 5.77. The minimum Gasteiger partial charge on any atom is -0.507 e. The molecule has 0 spiro atoms. The van der Waals surface area contributed by atoms with Crippen molar-refractivity contribution in [1.82, 2.24) is 5.06 Å². The van der Waals surface area contributed by atoms with E-state index in [0.29, 0.717) is 11.3 Å². The van der Waals surface area contributed by atoms with Gasteiger partial charge in [0, 0.05) is 24.3 Å². The Labute approximate surface area is 195 Å². The van der Waals surface area contributed by atoms with Gasteiger partial charge >= 0.3 is 21.7 Å². The molecule has 0 aliphatic carbocycles. The van der Waals surface area contributed by atoms with Gasteiger partial charge in [-0.05, 0) is 18.2 Å². The molecule has 13 nitrogen and oxygen atoms in total. The van der Waals surface area contributed by atoms with Gasteiger partial charge in [-0.1, -0.05) is 0 Å². The maximum atomic E-state index is 12.5. The molecule has 34 heavy (non-hydrogen) atoms. The van der Waals surface area contributed by atoms with Crippen LogP contribution in [0.1, 0.15) is 23.2 Å². The molecule has 2 aromatic heterocycles. The summed E-state index contributed by atoms with van der Waals surface area (Å²) < 4.78 is 57.7. The number of hydroxylamine groups is 2. The molecule has 178 valence electrons. The molecule has 0 bridgehead atoms. The van der Waals surface area contributed by atoms with Crippen LogP contribution in [0.4, 0.5) is 0 Å². The molecule has 1 aliphatic rings. The number of aromatic hydroxyl groups is 1. The molecule has 16 heteroatoms. The van der Waals surface area contributed by atoms with Gasteiger partial charge in [0.05, 0.1) is 15.3 Å². The summed E-state index contributed by atoms with van der Waals surface area (Å²) in [5, 5.41) is 10.4. The fraction of sp³-hybridized carbons (Fsp3) is 0.111. The smallest absolute Gasteiger partial charge is 0.367 e. The van der Waals surface area contributed by atoms with Crippen LogP contribution in [0.25, 0.3) is 21.4 Å². The number of carbonyl (C=O) groups is 3. The van der Waals surface area contributed by atoms with E-state index in [1.165, 1.54) is 0 Å². The van der Waals surface area contributed by atoms with Gasteiger partial charge in [-0.25, -0.2) is 13.8 Å². The van der Waals surface area contributed by atoms with Crippen molar-refractivity contribution in [1.29, 1.82) is 0 Å².